The minimum absolute atomic E-state index is 0.518. The van der Waals surface area contributed by atoms with E-state index in [-0.39, 0.29) is 0 Å². The average molecular weight is 1480 g/mol. The van der Waals surface area contributed by atoms with Crippen molar-refractivity contribution < 1.29 is 0 Å². The molecule has 0 aliphatic rings. The molecular formula is C102H62N14. The first kappa shape index (κ1) is 68.0. The zero-order valence-electron chi connectivity index (χ0n) is 62.1. The molecule has 540 valence electrons. The molecule has 0 saturated heterocycles. The largest absolute Gasteiger partial charge is 0.264 e. The minimum atomic E-state index is 0.518. The van der Waals surface area contributed by atoms with Crippen LogP contribution in [0.4, 0.5) is 0 Å². The normalized spacial score (nSPS) is 11.4. The van der Waals surface area contributed by atoms with Crippen molar-refractivity contribution in [1.29, 1.82) is 0 Å². The maximum atomic E-state index is 5.16. The SMILES string of the molecule is c1ccc(-c2nc(-c3ccccc3)nc(-c3ccc4ccc(-c5ccc6ccc(-c7ccc(-c8cc9ccncc9c9ncccc89)cc7)cc6n5)cc4n3)n2)cc1.c1ccc(-c2nc(-c3ccccc3)nc(-c3ccc4ccc(-c5ccc6ccc(-c7ccc(-c8ccnc9c8ccc8cccnc89)cc7)cc6n5)cc4n3)n2)cc1. The van der Waals surface area contributed by atoms with E-state index in [0.717, 1.165) is 176 Å². The van der Waals surface area contributed by atoms with E-state index in [0.29, 0.717) is 46.3 Å². The Morgan fingerprint density at radius 3 is 1.01 bits per heavy atom. The topological polar surface area (TPSA) is 180 Å². The van der Waals surface area contributed by atoms with Crippen molar-refractivity contribution in [2.75, 3.05) is 0 Å². The quantitative estimate of drug-likeness (QED) is 0.105. The number of hydrogen-bond acceptors (Lipinski definition) is 14. The molecule has 10 heterocycles. The van der Waals surface area contributed by atoms with E-state index in [4.69, 9.17) is 59.8 Å². The molecule has 22 aromatic rings. The second kappa shape index (κ2) is 29.3. The van der Waals surface area contributed by atoms with Gasteiger partial charge in [0.05, 0.1) is 50.0 Å². The van der Waals surface area contributed by atoms with E-state index in [1.807, 2.05) is 183 Å². The Kier molecular flexibility index (Phi) is 17.2. The van der Waals surface area contributed by atoms with Crippen LogP contribution in [0.5, 0.6) is 0 Å². The van der Waals surface area contributed by atoms with Gasteiger partial charge in [0.15, 0.2) is 34.9 Å². The van der Waals surface area contributed by atoms with Gasteiger partial charge in [0.25, 0.3) is 0 Å². The molecule has 12 aromatic carbocycles. The maximum Gasteiger partial charge on any atom is 0.182 e. The fraction of sp³-hybridized carbons (Fsp3) is 0. The highest BCUT2D eigenvalue weighted by molar-refractivity contribution is 6.12. The van der Waals surface area contributed by atoms with Crippen LogP contribution in [0, 0.1) is 0 Å². The van der Waals surface area contributed by atoms with Crippen molar-refractivity contribution in [3.05, 3.63) is 377 Å². The Morgan fingerprint density at radius 2 is 0.526 bits per heavy atom. The monoisotopic (exact) mass is 1480 g/mol. The Labute approximate surface area is 665 Å². The lowest BCUT2D eigenvalue weighted by atomic mass is 9.95. The van der Waals surface area contributed by atoms with Crippen molar-refractivity contribution in [2.24, 2.45) is 0 Å². The molecule has 0 aliphatic heterocycles. The summed E-state index contributed by atoms with van der Waals surface area (Å²) in [4.78, 5) is 68.1. The van der Waals surface area contributed by atoms with E-state index in [1.54, 1.807) is 0 Å². The van der Waals surface area contributed by atoms with E-state index in [1.165, 1.54) is 0 Å². The van der Waals surface area contributed by atoms with Gasteiger partial charge in [-0.2, -0.15) is 0 Å². The lowest BCUT2D eigenvalue weighted by Crippen LogP contribution is -2.01. The number of rotatable bonds is 12. The van der Waals surface area contributed by atoms with E-state index in [9.17, 15) is 0 Å². The number of aromatic nitrogens is 14. The number of nitrogens with zero attached hydrogens (tertiary/aromatic N) is 14. The molecule has 14 nitrogen and oxygen atoms in total. The van der Waals surface area contributed by atoms with Crippen LogP contribution in [-0.2, 0) is 0 Å². The summed E-state index contributed by atoms with van der Waals surface area (Å²) in [5, 5.41) is 9.65. The van der Waals surface area contributed by atoms with Crippen molar-refractivity contribution in [1.82, 2.24) is 69.8 Å². The van der Waals surface area contributed by atoms with Gasteiger partial charge in [-0.05, 0) is 129 Å². The molecule has 0 aliphatic carbocycles. The van der Waals surface area contributed by atoms with Gasteiger partial charge in [0.1, 0.15) is 11.4 Å². The molecule has 14 heteroatoms. The molecule has 0 N–H and O–H groups in total. The summed E-state index contributed by atoms with van der Waals surface area (Å²) in [5.74, 6) is 3.44. The highest BCUT2D eigenvalue weighted by Crippen LogP contribution is 2.39. The van der Waals surface area contributed by atoms with Crippen LogP contribution < -0.4 is 0 Å². The fourth-order valence-electron chi connectivity index (χ4n) is 15.3. The van der Waals surface area contributed by atoms with Gasteiger partial charge in [-0.15, -0.1) is 0 Å². The molecule has 0 spiro atoms. The Hall–Kier alpha value is -16.1. The average Bonchev–Trinajstić information content (AvgIpc) is 0.775. The van der Waals surface area contributed by atoms with Crippen molar-refractivity contribution in [2.45, 2.75) is 0 Å². The summed E-state index contributed by atoms with van der Waals surface area (Å²) in [5.41, 5.74) is 24.0. The summed E-state index contributed by atoms with van der Waals surface area (Å²) >= 11 is 0. The number of fused-ring (bicyclic) bond motifs is 10. The molecule has 0 amide bonds. The van der Waals surface area contributed by atoms with Crippen LogP contribution in [0.1, 0.15) is 0 Å². The third kappa shape index (κ3) is 13.2. The molecular weight excluding hydrogens is 1420 g/mol. The van der Waals surface area contributed by atoms with Crippen LogP contribution in [-0.4, -0.2) is 69.8 Å². The van der Waals surface area contributed by atoms with Crippen LogP contribution >= 0.6 is 0 Å². The summed E-state index contributed by atoms with van der Waals surface area (Å²) in [6, 6.07) is 118. The first-order valence-electron chi connectivity index (χ1n) is 38.2. The summed E-state index contributed by atoms with van der Waals surface area (Å²) in [6.45, 7) is 0. The highest BCUT2D eigenvalue weighted by atomic mass is 15.1. The Morgan fingerprint density at radius 1 is 0.164 bits per heavy atom. The number of hydrogen-bond donors (Lipinski definition) is 0. The third-order valence-electron chi connectivity index (χ3n) is 21.3. The van der Waals surface area contributed by atoms with Gasteiger partial charge in [0.2, 0.25) is 0 Å². The highest BCUT2D eigenvalue weighted by Gasteiger charge is 2.19. The first-order valence-corrected chi connectivity index (χ1v) is 38.2. The molecule has 0 fully saturated rings. The maximum absolute atomic E-state index is 5.16. The van der Waals surface area contributed by atoms with E-state index < -0.39 is 0 Å². The molecule has 0 bridgehead atoms. The van der Waals surface area contributed by atoms with Crippen molar-refractivity contribution in [3.63, 3.8) is 0 Å². The lowest BCUT2D eigenvalue weighted by Gasteiger charge is -2.11. The van der Waals surface area contributed by atoms with Crippen LogP contribution in [0.15, 0.2) is 377 Å². The van der Waals surface area contributed by atoms with Crippen molar-refractivity contribution >= 4 is 87.1 Å². The zero-order valence-corrected chi connectivity index (χ0v) is 62.1. The summed E-state index contributed by atoms with van der Waals surface area (Å²) in [6.07, 6.45) is 9.26. The number of benzene rings is 12. The second-order valence-corrected chi connectivity index (χ2v) is 28.5. The lowest BCUT2D eigenvalue weighted by molar-refractivity contribution is 1.06. The summed E-state index contributed by atoms with van der Waals surface area (Å²) in [7, 11) is 0. The van der Waals surface area contributed by atoms with Crippen LogP contribution in [0.25, 0.3) is 223 Å². The smallest absolute Gasteiger partial charge is 0.182 e. The van der Waals surface area contributed by atoms with Crippen LogP contribution in [0.2, 0.25) is 0 Å². The Balaban J connectivity index is 0.000000145. The molecule has 0 radical (unpaired) electrons. The van der Waals surface area contributed by atoms with E-state index in [2.05, 4.69) is 204 Å². The predicted octanol–water partition coefficient (Wildman–Crippen LogP) is 24.1. The molecule has 22 rings (SSSR count). The molecule has 0 saturated carbocycles. The molecule has 0 atom stereocenters. The predicted molar refractivity (Wildman–Crippen MR) is 467 cm³/mol. The van der Waals surface area contributed by atoms with Gasteiger partial charge in [-0.1, -0.05) is 267 Å². The minimum Gasteiger partial charge on any atom is -0.264 e. The summed E-state index contributed by atoms with van der Waals surface area (Å²) < 4.78 is 0. The second-order valence-electron chi connectivity index (χ2n) is 28.5. The fourth-order valence-corrected chi connectivity index (χ4v) is 15.3. The van der Waals surface area contributed by atoms with Gasteiger partial charge in [-0.25, -0.2) is 49.8 Å². The van der Waals surface area contributed by atoms with Gasteiger partial charge in [-0.3, -0.25) is 19.9 Å². The molecule has 0 unspecified atom stereocenters. The van der Waals surface area contributed by atoms with E-state index >= 15 is 0 Å². The zero-order chi connectivity index (χ0) is 76.8. The first-order chi connectivity index (χ1) is 57.4. The standard InChI is InChI=1S/2C51H31N7/c1-3-8-37(9-4-1)49-56-50(38-10-5-2-6-11-38)58-51(57-49)44-26-23-35-18-20-40(31-46(35)55-44)43-25-22-34-17-19-39(30-45(34)54-43)32-13-15-33(16-14-32)41-27-29-53-48-42(41)24-21-36-12-7-28-52-47(36)48;1-3-8-36(9-4-1)49-56-50(37-10-5-2-6-11-37)58-51(57-49)45-24-22-35-18-20-40(30-47(35)55-45)44-23-21-34-17-19-38(29-46(34)54-44)32-13-15-33(16-14-32)42-28-39-25-27-52-31-43(39)48-41(42)12-7-26-53-48/h2*1-31H. The van der Waals surface area contributed by atoms with Gasteiger partial charge < -0.3 is 0 Å². The molecule has 10 aromatic heterocycles. The van der Waals surface area contributed by atoms with Crippen molar-refractivity contribution in [3.8, 4) is 136 Å². The van der Waals surface area contributed by atoms with Gasteiger partial charge >= 0.3 is 0 Å². The van der Waals surface area contributed by atoms with Gasteiger partial charge in [0, 0.05) is 107 Å². The number of pyridine rings is 8. The molecule has 116 heavy (non-hydrogen) atoms. The third-order valence-corrected chi connectivity index (χ3v) is 21.3. The Bertz CT molecular complexity index is 7430. The van der Waals surface area contributed by atoms with Crippen LogP contribution in [0.3, 0.4) is 0 Å².